The maximum absolute atomic E-state index is 2.79. The molecule has 4 heteroatoms. The van der Waals surface area contributed by atoms with Gasteiger partial charge in [-0.2, -0.15) is 0 Å². The van der Waals surface area contributed by atoms with E-state index in [1.54, 1.807) is 0 Å². The smallest absolute Gasteiger partial charge is 0.358 e. The van der Waals surface area contributed by atoms with Gasteiger partial charge in [-0.15, -0.1) is 0 Å². The number of hydrogen-bond donors (Lipinski definition) is 0. The molecule has 0 aliphatic heterocycles. The zero-order chi connectivity index (χ0) is 15.4. The minimum Gasteiger partial charge on any atom is -0.358 e. The molecule has 0 spiro atoms. The van der Waals surface area contributed by atoms with Gasteiger partial charge in [0.15, 0.2) is 0 Å². The molecule has 2 aromatic carbocycles. The van der Waals surface area contributed by atoms with Crippen LogP contribution in [0.15, 0.2) is 60.7 Å². The molecule has 0 bridgehead atoms. The molecule has 0 aliphatic carbocycles. The Morgan fingerprint density at radius 1 is 0.619 bits per heavy atom. The molecule has 0 fully saturated rings. The standard InChI is InChI=1S/2C8H11P.CH3.BrH.Pd/c2*1-9(2)8-6-4-3-5-7-8;;;/h2*3-7H,1-2H3;1H3;1H;/q;;-1;;+2/p-1. The number of rotatable bonds is 2. The Labute approximate surface area is 151 Å². The van der Waals surface area contributed by atoms with Crippen molar-refractivity contribution < 1.29 is 17.2 Å². The summed E-state index contributed by atoms with van der Waals surface area (Å²) in [5.41, 5.74) is 0. The molecule has 2 rings (SSSR count). The fourth-order valence-corrected chi connectivity index (χ4v) is 2.99. The minimum absolute atomic E-state index is 0. The van der Waals surface area contributed by atoms with Gasteiger partial charge in [0.1, 0.15) is 0 Å². The van der Waals surface area contributed by atoms with Gasteiger partial charge in [0.25, 0.3) is 0 Å². The van der Waals surface area contributed by atoms with Crippen molar-refractivity contribution in [2.75, 3.05) is 26.7 Å². The molecule has 0 N–H and O–H groups in total. The van der Waals surface area contributed by atoms with Crippen LogP contribution >= 0.6 is 29.3 Å². The summed E-state index contributed by atoms with van der Waals surface area (Å²) in [6.07, 6.45) is 0. The summed E-state index contributed by atoms with van der Waals surface area (Å²) >= 11 is 5.35. The molecule has 0 amide bonds. The Kier molecular flexibility index (Phi) is 17.3. The van der Waals surface area contributed by atoms with Gasteiger partial charge >= 0.3 is 30.6 Å². The zero-order valence-electron chi connectivity index (χ0n) is 13.4. The van der Waals surface area contributed by atoms with Crippen LogP contribution in [0.25, 0.3) is 0 Å². The molecular formula is C17H25BrP2Pd. The van der Waals surface area contributed by atoms with Crippen LogP contribution in [0.3, 0.4) is 0 Å². The van der Waals surface area contributed by atoms with Crippen molar-refractivity contribution in [3.05, 3.63) is 68.1 Å². The largest absolute Gasteiger partial charge is 0.358 e. The molecule has 0 saturated heterocycles. The third-order valence-corrected chi connectivity index (χ3v) is 5.21. The van der Waals surface area contributed by atoms with E-state index in [9.17, 15) is 0 Å². The van der Waals surface area contributed by atoms with Crippen molar-refractivity contribution in [1.82, 2.24) is 0 Å². The summed E-state index contributed by atoms with van der Waals surface area (Å²) in [5.74, 6) is 0. The van der Waals surface area contributed by atoms with Crippen LogP contribution < -0.4 is 10.6 Å². The summed E-state index contributed by atoms with van der Waals surface area (Å²) in [6.45, 7) is 9.07. The predicted molar refractivity (Wildman–Crippen MR) is 105 cm³/mol. The van der Waals surface area contributed by atoms with Crippen molar-refractivity contribution in [2.24, 2.45) is 0 Å². The molecule has 120 valence electrons. The SMILES string of the molecule is CP(C)c1ccccc1.CP(C)c1ccccc1.[Br][Pd+].[CH3-]. The molecule has 0 unspecified atom stereocenters. The Balaban J connectivity index is 0. The van der Waals surface area contributed by atoms with Gasteiger partial charge in [0.2, 0.25) is 0 Å². The summed E-state index contributed by atoms with van der Waals surface area (Å²) in [5, 5.41) is 2.96. The van der Waals surface area contributed by atoms with Gasteiger partial charge in [0, 0.05) is 0 Å². The van der Waals surface area contributed by atoms with Gasteiger partial charge in [-0.05, 0) is 37.3 Å². The number of halogens is 1. The van der Waals surface area contributed by atoms with Crippen molar-refractivity contribution in [2.45, 2.75) is 0 Å². The molecule has 0 aliphatic rings. The van der Waals surface area contributed by atoms with E-state index in [4.69, 9.17) is 0 Å². The van der Waals surface area contributed by atoms with Crippen LogP contribution in [-0.2, 0) is 17.2 Å². The number of benzene rings is 2. The van der Waals surface area contributed by atoms with E-state index in [1.807, 2.05) is 0 Å². The normalized spacial score (nSPS) is 9.00. The van der Waals surface area contributed by atoms with Gasteiger partial charge in [0.05, 0.1) is 0 Å². The fraction of sp³-hybridized carbons (Fsp3) is 0.235. The quantitative estimate of drug-likeness (QED) is 0.309. The zero-order valence-corrected chi connectivity index (χ0v) is 18.3. The molecule has 0 radical (unpaired) electrons. The van der Waals surface area contributed by atoms with E-state index in [1.165, 1.54) is 10.6 Å². The Hall–Kier alpha value is 0.442. The van der Waals surface area contributed by atoms with Gasteiger partial charge in [-0.25, -0.2) is 0 Å². The monoisotopic (exact) mass is 476 g/mol. The van der Waals surface area contributed by atoms with E-state index in [0.29, 0.717) is 0 Å². The first-order valence-electron chi connectivity index (χ1n) is 6.18. The topological polar surface area (TPSA) is 0 Å². The second-order valence-electron chi connectivity index (χ2n) is 4.46. The Morgan fingerprint density at radius 3 is 1.00 bits per heavy atom. The van der Waals surface area contributed by atoms with Crippen LogP contribution in [0.5, 0.6) is 0 Å². The van der Waals surface area contributed by atoms with Crippen molar-refractivity contribution in [3.63, 3.8) is 0 Å². The molecule has 0 heterocycles. The van der Waals surface area contributed by atoms with Gasteiger partial charge in [-0.3, -0.25) is 0 Å². The summed E-state index contributed by atoms with van der Waals surface area (Å²) < 4.78 is 0. The second-order valence-corrected chi connectivity index (χ2v) is 9.07. The van der Waals surface area contributed by atoms with E-state index >= 15 is 0 Å². The Bertz CT molecular complexity index is 390. The van der Waals surface area contributed by atoms with Crippen LogP contribution in [0, 0.1) is 7.43 Å². The van der Waals surface area contributed by atoms with Crippen molar-refractivity contribution in [3.8, 4) is 0 Å². The van der Waals surface area contributed by atoms with Crippen LogP contribution in [0.4, 0.5) is 0 Å². The number of hydrogen-bond acceptors (Lipinski definition) is 0. The predicted octanol–water partition coefficient (Wildman–Crippen LogP) is 5.40. The molecule has 0 saturated carbocycles. The average molecular weight is 478 g/mol. The summed E-state index contributed by atoms with van der Waals surface area (Å²) in [4.78, 5) is 0. The molecule has 0 nitrogen and oxygen atoms in total. The third-order valence-electron chi connectivity index (χ3n) is 2.55. The van der Waals surface area contributed by atoms with Crippen LogP contribution in [-0.4, -0.2) is 26.7 Å². The minimum atomic E-state index is 0. The molecule has 0 atom stereocenters. The van der Waals surface area contributed by atoms with Crippen molar-refractivity contribution in [1.29, 1.82) is 0 Å². The molecule has 0 aromatic heterocycles. The van der Waals surface area contributed by atoms with Gasteiger partial charge in [-0.1, -0.05) is 76.5 Å². The van der Waals surface area contributed by atoms with Gasteiger partial charge < -0.3 is 7.43 Å². The average Bonchev–Trinajstić information content (AvgIpc) is 2.51. The van der Waals surface area contributed by atoms with E-state index in [0.717, 1.165) is 0 Å². The molecular weight excluding hydrogens is 452 g/mol. The fourth-order valence-electron chi connectivity index (χ4n) is 1.45. The van der Waals surface area contributed by atoms with Crippen LogP contribution in [0.1, 0.15) is 0 Å². The van der Waals surface area contributed by atoms with E-state index < -0.39 is 0 Å². The maximum Gasteiger partial charge on any atom is -0.358 e. The maximum atomic E-state index is 2.79. The van der Waals surface area contributed by atoms with Crippen LogP contribution in [0.2, 0.25) is 0 Å². The van der Waals surface area contributed by atoms with E-state index in [2.05, 4.69) is 118 Å². The van der Waals surface area contributed by atoms with Crippen molar-refractivity contribution >= 4 is 39.9 Å². The first kappa shape index (κ1) is 23.7. The second kappa shape index (κ2) is 15.3. The first-order valence-corrected chi connectivity index (χ1v) is 14.2. The van der Waals surface area contributed by atoms with E-state index in [-0.39, 0.29) is 23.3 Å². The Morgan fingerprint density at radius 2 is 0.857 bits per heavy atom. The third kappa shape index (κ3) is 11.6. The summed E-state index contributed by atoms with van der Waals surface area (Å²) in [6, 6.07) is 21.2. The summed E-state index contributed by atoms with van der Waals surface area (Å²) in [7, 11) is 0.209. The molecule has 21 heavy (non-hydrogen) atoms. The first-order chi connectivity index (χ1) is 9.61. The molecule has 2 aromatic rings.